The molecule has 0 bridgehead atoms. The Bertz CT molecular complexity index is 2530. The highest BCUT2D eigenvalue weighted by molar-refractivity contribution is 6.09. The molecule has 0 N–H and O–H groups in total. The molecule has 1 heterocycles. The van der Waals surface area contributed by atoms with E-state index in [9.17, 15) is 4.79 Å². The summed E-state index contributed by atoms with van der Waals surface area (Å²) in [6.07, 6.45) is 0. The standard InChI is InChI=1S/C50H38N2O/c1-50(2)44-18-8-10-20-47(44)52(48-21-11-9-19-45(48)50)42-33-27-39(28-34-42)49(53)38-25-31-41(32-26-38)51(46-22-12-16-37-15-6-7-17-43(37)46)40-29-23-36(24-30-40)35-13-4-3-5-14-35/h3-34H,1-2H3. The molecule has 0 radical (unpaired) electrons. The molecule has 0 unspecified atom stereocenters. The molecule has 53 heavy (non-hydrogen) atoms. The Balaban J connectivity index is 1.04. The van der Waals surface area contributed by atoms with Gasteiger partial charge in [0.1, 0.15) is 0 Å². The van der Waals surface area contributed by atoms with E-state index in [1.165, 1.54) is 22.1 Å². The van der Waals surface area contributed by atoms with Crippen LogP contribution in [0.5, 0.6) is 0 Å². The largest absolute Gasteiger partial charge is 0.310 e. The Labute approximate surface area is 311 Å². The molecule has 9 rings (SSSR count). The number of carbonyl (C=O) groups excluding carboxylic acids is 1. The Morgan fingerprint density at radius 2 is 0.962 bits per heavy atom. The third-order valence-corrected chi connectivity index (χ3v) is 10.7. The van der Waals surface area contributed by atoms with Crippen LogP contribution in [0.3, 0.4) is 0 Å². The van der Waals surface area contributed by atoms with Crippen LogP contribution < -0.4 is 9.80 Å². The molecule has 0 aliphatic carbocycles. The molecular formula is C50H38N2O. The van der Waals surface area contributed by atoms with E-state index in [2.05, 4.69) is 187 Å². The average Bonchev–Trinajstić information content (AvgIpc) is 3.22. The van der Waals surface area contributed by atoms with Crippen LogP contribution in [0.25, 0.3) is 21.9 Å². The quantitative estimate of drug-likeness (QED) is 0.156. The van der Waals surface area contributed by atoms with Crippen molar-refractivity contribution in [2.45, 2.75) is 19.3 Å². The van der Waals surface area contributed by atoms with Crippen LogP contribution in [0.15, 0.2) is 194 Å². The van der Waals surface area contributed by atoms with Gasteiger partial charge in [0.15, 0.2) is 5.78 Å². The van der Waals surface area contributed by atoms with E-state index < -0.39 is 0 Å². The SMILES string of the molecule is CC1(C)c2ccccc2N(c2ccc(C(=O)c3ccc(N(c4ccc(-c5ccccc5)cc4)c4cccc5ccccc45)cc3)cc2)c2ccccc21. The summed E-state index contributed by atoms with van der Waals surface area (Å²) in [5, 5.41) is 2.33. The van der Waals surface area contributed by atoms with E-state index >= 15 is 0 Å². The Hall–Kier alpha value is -6.71. The molecule has 1 aliphatic heterocycles. The second kappa shape index (κ2) is 13.1. The van der Waals surface area contributed by atoms with Gasteiger partial charge in [-0.05, 0) is 107 Å². The van der Waals surface area contributed by atoms with E-state index in [1.54, 1.807) is 0 Å². The molecule has 1 aliphatic rings. The number of rotatable bonds is 7. The summed E-state index contributed by atoms with van der Waals surface area (Å²) in [5.41, 5.74) is 12.5. The average molecular weight is 683 g/mol. The molecule has 8 aromatic carbocycles. The molecular weight excluding hydrogens is 645 g/mol. The number of benzene rings is 8. The molecule has 0 fully saturated rings. The number of ketones is 1. The minimum atomic E-state index is -0.124. The zero-order chi connectivity index (χ0) is 35.9. The van der Waals surface area contributed by atoms with Crippen LogP contribution >= 0.6 is 0 Å². The molecule has 0 amide bonds. The summed E-state index contributed by atoms with van der Waals surface area (Å²) in [7, 11) is 0. The first-order valence-corrected chi connectivity index (χ1v) is 18.1. The van der Waals surface area contributed by atoms with E-state index in [0.29, 0.717) is 11.1 Å². The van der Waals surface area contributed by atoms with Gasteiger partial charge < -0.3 is 9.80 Å². The molecule has 0 spiro atoms. The smallest absolute Gasteiger partial charge is 0.193 e. The second-order valence-electron chi connectivity index (χ2n) is 14.2. The first kappa shape index (κ1) is 32.2. The van der Waals surface area contributed by atoms with Gasteiger partial charge in [-0.3, -0.25) is 4.79 Å². The lowest BCUT2D eigenvalue weighted by Crippen LogP contribution is -2.30. The fourth-order valence-corrected chi connectivity index (χ4v) is 7.90. The molecule has 8 aromatic rings. The van der Waals surface area contributed by atoms with Gasteiger partial charge in [-0.25, -0.2) is 0 Å². The third-order valence-electron chi connectivity index (χ3n) is 10.7. The van der Waals surface area contributed by atoms with Gasteiger partial charge >= 0.3 is 0 Å². The van der Waals surface area contributed by atoms with Crippen molar-refractivity contribution < 1.29 is 4.79 Å². The molecule has 254 valence electrons. The van der Waals surface area contributed by atoms with Crippen molar-refractivity contribution >= 4 is 50.7 Å². The Morgan fingerprint density at radius 3 is 1.60 bits per heavy atom. The monoisotopic (exact) mass is 682 g/mol. The number of para-hydroxylation sites is 2. The fraction of sp³-hybridized carbons (Fsp3) is 0.0600. The highest BCUT2D eigenvalue weighted by Gasteiger charge is 2.36. The van der Waals surface area contributed by atoms with E-state index in [-0.39, 0.29) is 11.2 Å². The summed E-state index contributed by atoms with van der Waals surface area (Å²) in [6.45, 7) is 4.58. The summed E-state index contributed by atoms with van der Waals surface area (Å²) < 4.78 is 0. The third kappa shape index (κ3) is 5.68. The van der Waals surface area contributed by atoms with Crippen LogP contribution in [0.1, 0.15) is 40.9 Å². The summed E-state index contributed by atoms with van der Waals surface area (Å²) >= 11 is 0. The molecule has 0 aromatic heterocycles. The zero-order valence-electron chi connectivity index (χ0n) is 29.8. The Morgan fingerprint density at radius 1 is 0.472 bits per heavy atom. The van der Waals surface area contributed by atoms with Gasteiger partial charge in [0, 0.05) is 39.0 Å². The lowest BCUT2D eigenvalue weighted by molar-refractivity contribution is 0.103. The first-order chi connectivity index (χ1) is 26.0. The number of anilines is 6. The summed E-state index contributed by atoms with van der Waals surface area (Å²) in [4.78, 5) is 18.5. The minimum absolute atomic E-state index is 0.00685. The zero-order valence-corrected chi connectivity index (χ0v) is 29.8. The van der Waals surface area contributed by atoms with Gasteiger partial charge in [0.2, 0.25) is 0 Å². The van der Waals surface area contributed by atoms with Gasteiger partial charge in [-0.1, -0.05) is 129 Å². The van der Waals surface area contributed by atoms with Crippen molar-refractivity contribution in [3.8, 4) is 11.1 Å². The number of hydrogen-bond donors (Lipinski definition) is 0. The Kier molecular flexibility index (Phi) is 7.97. The van der Waals surface area contributed by atoms with Crippen LogP contribution in [-0.4, -0.2) is 5.78 Å². The van der Waals surface area contributed by atoms with Gasteiger partial charge in [0.25, 0.3) is 0 Å². The van der Waals surface area contributed by atoms with E-state index in [0.717, 1.165) is 45.1 Å². The lowest BCUT2D eigenvalue weighted by atomic mass is 9.73. The maximum absolute atomic E-state index is 14.0. The minimum Gasteiger partial charge on any atom is -0.310 e. The molecule has 0 saturated heterocycles. The van der Waals surface area contributed by atoms with Gasteiger partial charge in [0.05, 0.1) is 17.1 Å². The number of nitrogens with zero attached hydrogens (tertiary/aromatic N) is 2. The van der Waals surface area contributed by atoms with Crippen LogP contribution in [0.2, 0.25) is 0 Å². The van der Waals surface area contributed by atoms with Gasteiger partial charge in [-0.2, -0.15) is 0 Å². The van der Waals surface area contributed by atoms with E-state index in [1.807, 2.05) is 30.3 Å². The van der Waals surface area contributed by atoms with E-state index in [4.69, 9.17) is 0 Å². The number of fused-ring (bicyclic) bond motifs is 3. The van der Waals surface area contributed by atoms with Gasteiger partial charge in [-0.15, -0.1) is 0 Å². The topological polar surface area (TPSA) is 23.6 Å². The fourth-order valence-electron chi connectivity index (χ4n) is 7.90. The lowest BCUT2D eigenvalue weighted by Gasteiger charge is -2.42. The van der Waals surface area contributed by atoms with Crippen molar-refractivity contribution in [1.82, 2.24) is 0 Å². The van der Waals surface area contributed by atoms with Crippen molar-refractivity contribution in [3.05, 3.63) is 216 Å². The van der Waals surface area contributed by atoms with Crippen LogP contribution in [-0.2, 0) is 5.41 Å². The highest BCUT2D eigenvalue weighted by Crippen LogP contribution is 2.51. The second-order valence-corrected chi connectivity index (χ2v) is 14.2. The highest BCUT2D eigenvalue weighted by atomic mass is 16.1. The molecule has 0 atom stereocenters. The number of carbonyl (C=O) groups is 1. The number of hydrogen-bond acceptors (Lipinski definition) is 3. The summed E-state index contributed by atoms with van der Waals surface area (Å²) in [6, 6.07) is 67.3. The maximum Gasteiger partial charge on any atom is 0.193 e. The van der Waals surface area contributed by atoms with Crippen LogP contribution in [0.4, 0.5) is 34.1 Å². The molecule has 3 nitrogen and oxygen atoms in total. The predicted octanol–water partition coefficient (Wildman–Crippen LogP) is 13.3. The maximum atomic E-state index is 14.0. The van der Waals surface area contributed by atoms with Crippen molar-refractivity contribution in [2.75, 3.05) is 9.80 Å². The van der Waals surface area contributed by atoms with Crippen molar-refractivity contribution in [3.63, 3.8) is 0 Å². The van der Waals surface area contributed by atoms with Crippen molar-refractivity contribution in [2.24, 2.45) is 0 Å². The normalized spacial score (nSPS) is 12.9. The predicted molar refractivity (Wildman–Crippen MR) is 221 cm³/mol. The summed E-state index contributed by atoms with van der Waals surface area (Å²) in [5.74, 6) is -0.00685. The van der Waals surface area contributed by atoms with Crippen LogP contribution in [0, 0.1) is 0 Å². The molecule has 3 heteroatoms. The van der Waals surface area contributed by atoms with Crippen molar-refractivity contribution in [1.29, 1.82) is 0 Å². The first-order valence-electron chi connectivity index (χ1n) is 18.1. The molecule has 0 saturated carbocycles.